The molecular weight excluding hydrogens is 334 g/mol. The Kier molecular flexibility index (Phi) is 6.75. The molecule has 0 atom stereocenters. The van der Waals surface area contributed by atoms with Gasteiger partial charge in [0.15, 0.2) is 5.96 Å². The summed E-state index contributed by atoms with van der Waals surface area (Å²) in [5.74, 6) is 0.582. The number of thiazole rings is 1. The van der Waals surface area contributed by atoms with Crippen molar-refractivity contribution < 1.29 is 4.79 Å². The Morgan fingerprint density at radius 1 is 1.24 bits per heavy atom. The standard InChI is InChI=1S/C18H27N5OS/c1-18(2,3)23-15(24)12-21-17(19-4)20-11-7-10-16-22-13-8-5-6-9-14(13)25-16/h5-6,8-9H,7,10-12H2,1-4H3,(H,23,24)(H2,19,20,21). The number of para-hydroxylation sites is 1. The van der Waals surface area contributed by atoms with Gasteiger partial charge in [0, 0.05) is 25.6 Å². The summed E-state index contributed by atoms with van der Waals surface area (Å²) in [6.45, 7) is 6.85. The van der Waals surface area contributed by atoms with Crippen LogP contribution in [0.4, 0.5) is 0 Å². The number of amides is 1. The van der Waals surface area contributed by atoms with Crippen LogP contribution in [0.5, 0.6) is 0 Å². The summed E-state index contributed by atoms with van der Waals surface area (Å²) in [7, 11) is 1.70. The van der Waals surface area contributed by atoms with Gasteiger partial charge >= 0.3 is 0 Å². The summed E-state index contributed by atoms with van der Waals surface area (Å²) in [5, 5.41) is 10.3. The van der Waals surface area contributed by atoms with Crippen molar-refractivity contribution in [3.8, 4) is 0 Å². The molecule has 3 N–H and O–H groups in total. The molecule has 1 amide bonds. The Balaban J connectivity index is 1.69. The molecule has 0 saturated heterocycles. The van der Waals surface area contributed by atoms with Gasteiger partial charge in [0.25, 0.3) is 0 Å². The number of nitrogens with zero attached hydrogens (tertiary/aromatic N) is 2. The highest BCUT2D eigenvalue weighted by Crippen LogP contribution is 2.22. The third-order valence-corrected chi connectivity index (χ3v) is 4.45. The maximum atomic E-state index is 11.8. The first-order valence-electron chi connectivity index (χ1n) is 8.47. The Bertz CT molecular complexity index is 699. The van der Waals surface area contributed by atoms with Crippen molar-refractivity contribution in [2.24, 2.45) is 4.99 Å². The summed E-state index contributed by atoms with van der Waals surface area (Å²) in [6.07, 6.45) is 1.88. The quantitative estimate of drug-likeness (QED) is 0.419. The lowest BCUT2D eigenvalue weighted by molar-refractivity contribution is -0.121. The van der Waals surface area contributed by atoms with Gasteiger partial charge < -0.3 is 16.0 Å². The number of aliphatic imine (C=N–C) groups is 1. The first-order chi connectivity index (χ1) is 11.9. The van der Waals surface area contributed by atoms with E-state index in [0.717, 1.165) is 29.9 Å². The van der Waals surface area contributed by atoms with E-state index in [4.69, 9.17) is 0 Å². The van der Waals surface area contributed by atoms with Gasteiger partial charge in [-0.15, -0.1) is 11.3 Å². The molecule has 1 aromatic carbocycles. The van der Waals surface area contributed by atoms with E-state index in [1.54, 1.807) is 18.4 Å². The number of benzene rings is 1. The molecule has 136 valence electrons. The number of aryl methyl sites for hydroxylation is 1. The average Bonchev–Trinajstić information content (AvgIpc) is 2.95. The zero-order valence-electron chi connectivity index (χ0n) is 15.3. The Morgan fingerprint density at radius 3 is 2.68 bits per heavy atom. The number of carbonyl (C=O) groups is 1. The maximum Gasteiger partial charge on any atom is 0.239 e. The van der Waals surface area contributed by atoms with Crippen molar-refractivity contribution in [2.75, 3.05) is 20.1 Å². The molecule has 2 rings (SSSR count). The van der Waals surface area contributed by atoms with Gasteiger partial charge in [0.05, 0.1) is 21.8 Å². The molecule has 0 aliphatic heterocycles. The minimum absolute atomic E-state index is 0.0510. The predicted octanol–water partition coefficient (Wildman–Crippen LogP) is 2.31. The fourth-order valence-electron chi connectivity index (χ4n) is 2.32. The summed E-state index contributed by atoms with van der Waals surface area (Å²) < 4.78 is 1.23. The van der Waals surface area contributed by atoms with E-state index in [-0.39, 0.29) is 18.0 Å². The summed E-state index contributed by atoms with van der Waals surface area (Å²) >= 11 is 1.74. The molecule has 0 spiro atoms. The topological polar surface area (TPSA) is 78.4 Å². The van der Waals surface area contributed by atoms with Gasteiger partial charge in [-0.3, -0.25) is 9.79 Å². The third-order valence-electron chi connectivity index (χ3n) is 3.35. The number of carbonyl (C=O) groups excluding carboxylic acids is 1. The number of rotatable bonds is 6. The third kappa shape index (κ3) is 6.70. The van der Waals surface area contributed by atoms with E-state index in [1.807, 2.05) is 39.0 Å². The molecule has 1 aromatic heterocycles. The van der Waals surface area contributed by atoms with Crippen LogP contribution in [-0.2, 0) is 11.2 Å². The maximum absolute atomic E-state index is 11.8. The van der Waals surface area contributed by atoms with Crippen molar-refractivity contribution in [3.05, 3.63) is 29.3 Å². The molecule has 0 unspecified atom stereocenters. The Morgan fingerprint density at radius 2 is 2.00 bits per heavy atom. The fraction of sp³-hybridized carbons (Fsp3) is 0.500. The van der Waals surface area contributed by atoms with Gasteiger partial charge in [0.1, 0.15) is 0 Å². The van der Waals surface area contributed by atoms with Crippen molar-refractivity contribution in [1.29, 1.82) is 0 Å². The summed E-state index contributed by atoms with van der Waals surface area (Å²) in [5.41, 5.74) is 0.838. The highest BCUT2D eigenvalue weighted by molar-refractivity contribution is 7.18. The van der Waals surface area contributed by atoms with Crippen molar-refractivity contribution in [2.45, 2.75) is 39.2 Å². The van der Waals surface area contributed by atoms with E-state index in [2.05, 4.69) is 32.0 Å². The molecule has 0 bridgehead atoms. The molecule has 25 heavy (non-hydrogen) atoms. The number of guanidine groups is 1. The average molecular weight is 362 g/mol. The molecule has 0 radical (unpaired) electrons. The van der Waals surface area contributed by atoms with Crippen LogP contribution < -0.4 is 16.0 Å². The van der Waals surface area contributed by atoms with Gasteiger partial charge in [0.2, 0.25) is 5.91 Å². The highest BCUT2D eigenvalue weighted by Gasteiger charge is 2.13. The number of hydrogen-bond donors (Lipinski definition) is 3. The van der Waals surface area contributed by atoms with Crippen LogP contribution in [0.1, 0.15) is 32.2 Å². The van der Waals surface area contributed by atoms with Gasteiger partial charge in [-0.1, -0.05) is 12.1 Å². The van der Waals surface area contributed by atoms with Gasteiger partial charge in [-0.25, -0.2) is 4.98 Å². The van der Waals surface area contributed by atoms with Crippen LogP contribution in [-0.4, -0.2) is 42.5 Å². The van der Waals surface area contributed by atoms with Crippen LogP contribution in [0, 0.1) is 0 Å². The molecule has 1 heterocycles. The first-order valence-corrected chi connectivity index (χ1v) is 9.29. The van der Waals surface area contributed by atoms with Gasteiger partial charge in [-0.2, -0.15) is 0 Å². The number of aromatic nitrogens is 1. The van der Waals surface area contributed by atoms with E-state index in [1.165, 1.54) is 4.70 Å². The fourth-order valence-corrected chi connectivity index (χ4v) is 3.33. The summed E-state index contributed by atoms with van der Waals surface area (Å²) in [4.78, 5) is 20.6. The van der Waals surface area contributed by atoms with E-state index in [0.29, 0.717) is 5.96 Å². The zero-order chi connectivity index (χ0) is 18.3. The van der Waals surface area contributed by atoms with Crippen molar-refractivity contribution in [3.63, 3.8) is 0 Å². The lowest BCUT2D eigenvalue weighted by atomic mass is 10.1. The van der Waals surface area contributed by atoms with Crippen molar-refractivity contribution >= 4 is 33.4 Å². The molecule has 7 heteroatoms. The second-order valence-corrected chi connectivity index (χ2v) is 7.94. The number of fused-ring (bicyclic) bond motifs is 1. The smallest absolute Gasteiger partial charge is 0.239 e. The van der Waals surface area contributed by atoms with Crippen molar-refractivity contribution in [1.82, 2.24) is 20.9 Å². The SMILES string of the molecule is CN=C(NCCCc1nc2ccccc2s1)NCC(=O)NC(C)(C)C. The minimum Gasteiger partial charge on any atom is -0.356 e. The Hall–Kier alpha value is -2.15. The number of hydrogen-bond acceptors (Lipinski definition) is 4. The van der Waals surface area contributed by atoms with Crippen LogP contribution in [0.3, 0.4) is 0 Å². The molecule has 6 nitrogen and oxygen atoms in total. The van der Waals surface area contributed by atoms with Crippen LogP contribution in [0.25, 0.3) is 10.2 Å². The van der Waals surface area contributed by atoms with E-state index >= 15 is 0 Å². The predicted molar refractivity (Wildman–Crippen MR) is 105 cm³/mol. The second kappa shape index (κ2) is 8.80. The molecule has 0 fully saturated rings. The largest absolute Gasteiger partial charge is 0.356 e. The molecule has 0 saturated carbocycles. The lowest BCUT2D eigenvalue weighted by Crippen LogP contribution is -2.48. The van der Waals surface area contributed by atoms with Crippen LogP contribution in [0.15, 0.2) is 29.3 Å². The molecular formula is C18H27N5OS. The van der Waals surface area contributed by atoms with Crippen LogP contribution in [0.2, 0.25) is 0 Å². The molecule has 0 aliphatic carbocycles. The second-order valence-electron chi connectivity index (χ2n) is 6.83. The number of nitrogens with one attached hydrogen (secondary N) is 3. The normalized spacial score (nSPS) is 12.2. The highest BCUT2D eigenvalue weighted by atomic mass is 32.1. The lowest BCUT2D eigenvalue weighted by Gasteiger charge is -2.21. The Labute approximate surface area is 153 Å². The van der Waals surface area contributed by atoms with E-state index in [9.17, 15) is 4.79 Å². The zero-order valence-corrected chi connectivity index (χ0v) is 16.2. The molecule has 0 aliphatic rings. The minimum atomic E-state index is -0.229. The summed E-state index contributed by atoms with van der Waals surface area (Å²) in [6, 6.07) is 8.20. The van der Waals surface area contributed by atoms with E-state index < -0.39 is 0 Å². The first kappa shape index (κ1) is 19.2. The monoisotopic (exact) mass is 361 g/mol. The molecule has 2 aromatic rings. The van der Waals surface area contributed by atoms with Crippen LogP contribution >= 0.6 is 11.3 Å². The van der Waals surface area contributed by atoms with Gasteiger partial charge in [-0.05, 0) is 39.3 Å².